The Kier molecular flexibility index (Phi) is 4.25. The van der Waals surface area contributed by atoms with E-state index in [4.69, 9.17) is 15.2 Å². The predicted molar refractivity (Wildman–Crippen MR) is 66.7 cm³/mol. The molecule has 0 saturated carbocycles. The van der Waals surface area contributed by atoms with Gasteiger partial charge in [0.1, 0.15) is 0 Å². The van der Waals surface area contributed by atoms with Crippen LogP contribution in [-0.4, -0.2) is 32.5 Å². The molecule has 18 heavy (non-hydrogen) atoms. The Labute approximate surface area is 105 Å². The van der Waals surface area contributed by atoms with Gasteiger partial charge in [0.05, 0.1) is 0 Å². The maximum absolute atomic E-state index is 11.3. The lowest BCUT2D eigenvalue weighted by Gasteiger charge is -2.07. The van der Waals surface area contributed by atoms with Crippen LogP contribution in [0.25, 0.3) is 0 Å². The van der Waals surface area contributed by atoms with Gasteiger partial charge in [0.25, 0.3) is 0 Å². The second-order valence-corrected chi connectivity index (χ2v) is 3.91. The van der Waals surface area contributed by atoms with Gasteiger partial charge in [-0.25, -0.2) is 4.79 Å². The normalized spacial score (nSPS) is 12.3. The van der Waals surface area contributed by atoms with Gasteiger partial charge in [0, 0.05) is 19.6 Å². The average Bonchev–Trinajstić information content (AvgIpc) is 2.83. The Bertz CT molecular complexity index is 423. The number of hydrogen-bond donors (Lipinski definition) is 3. The van der Waals surface area contributed by atoms with Crippen LogP contribution >= 0.6 is 0 Å². The van der Waals surface area contributed by atoms with Crippen molar-refractivity contribution in [1.82, 2.24) is 10.6 Å². The molecule has 0 bridgehead atoms. The molecule has 0 atom stereocenters. The van der Waals surface area contributed by atoms with Crippen molar-refractivity contribution in [2.24, 2.45) is 5.73 Å². The Morgan fingerprint density at radius 3 is 2.83 bits per heavy atom. The van der Waals surface area contributed by atoms with E-state index < -0.39 is 0 Å². The number of benzene rings is 1. The molecule has 6 heteroatoms. The first-order valence-electron chi connectivity index (χ1n) is 5.90. The molecule has 98 valence electrons. The van der Waals surface area contributed by atoms with Crippen LogP contribution in [0.3, 0.4) is 0 Å². The highest BCUT2D eigenvalue weighted by atomic mass is 16.7. The number of hydrogen-bond acceptors (Lipinski definition) is 4. The Balaban J connectivity index is 1.75. The second-order valence-electron chi connectivity index (χ2n) is 3.91. The Morgan fingerprint density at radius 1 is 1.22 bits per heavy atom. The van der Waals surface area contributed by atoms with Gasteiger partial charge in [-0.3, -0.25) is 0 Å². The van der Waals surface area contributed by atoms with E-state index in [-0.39, 0.29) is 12.8 Å². The fraction of sp³-hybridized carbons (Fsp3) is 0.417. The number of ether oxygens (including phenoxy) is 2. The van der Waals surface area contributed by atoms with E-state index in [9.17, 15) is 4.79 Å². The van der Waals surface area contributed by atoms with Crippen LogP contribution in [0.5, 0.6) is 11.5 Å². The van der Waals surface area contributed by atoms with Crippen molar-refractivity contribution in [2.75, 3.05) is 26.4 Å². The van der Waals surface area contributed by atoms with Gasteiger partial charge < -0.3 is 25.8 Å². The summed E-state index contributed by atoms with van der Waals surface area (Å²) in [4.78, 5) is 11.3. The third kappa shape index (κ3) is 3.27. The lowest BCUT2D eigenvalue weighted by Crippen LogP contribution is -2.39. The van der Waals surface area contributed by atoms with Gasteiger partial charge in [-0.2, -0.15) is 0 Å². The first kappa shape index (κ1) is 12.5. The van der Waals surface area contributed by atoms with E-state index in [1.165, 1.54) is 0 Å². The lowest BCUT2D eigenvalue weighted by molar-refractivity contribution is 0.174. The summed E-state index contributed by atoms with van der Waals surface area (Å²) in [6.45, 7) is 1.76. The van der Waals surface area contributed by atoms with Crippen LogP contribution in [0.1, 0.15) is 5.56 Å². The number of urea groups is 1. The highest BCUT2D eigenvalue weighted by Crippen LogP contribution is 2.32. The molecule has 2 rings (SSSR count). The van der Waals surface area contributed by atoms with Crippen molar-refractivity contribution >= 4 is 6.03 Å². The molecular formula is C12H17N3O3. The van der Waals surface area contributed by atoms with Gasteiger partial charge >= 0.3 is 6.03 Å². The van der Waals surface area contributed by atoms with Crippen molar-refractivity contribution in [3.05, 3.63) is 23.8 Å². The molecular weight excluding hydrogens is 234 g/mol. The van der Waals surface area contributed by atoms with Crippen LogP contribution < -0.4 is 25.8 Å². The molecule has 1 aromatic rings. The summed E-state index contributed by atoms with van der Waals surface area (Å²) in [5.41, 5.74) is 6.38. The summed E-state index contributed by atoms with van der Waals surface area (Å²) in [7, 11) is 0. The summed E-state index contributed by atoms with van der Waals surface area (Å²) in [5.74, 6) is 1.53. The molecule has 0 fully saturated rings. The summed E-state index contributed by atoms with van der Waals surface area (Å²) < 4.78 is 10.5. The smallest absolute Gasteiger partial charge is 0.314 e. The lowest BCUT2D eigenvalue weighted by atomic mass is 10.1. The zero-order valence-corrected chi connectivity index (χ0v) is 10.1. The molecule has 6 nitrogen and oxygen atoms in total. The first-order valence-corrected chi connectivity index (χ1v) is 5.90. The molecule has 4 N–H and O–H groups in total. The SMILES string of the molecule is NCCNC(=O)NCCc1ccc2c(c1)OCO2. The molecule has 0 unspecified atom stereocenters. The van der Waals surface area contributed by atoms with E-state index in [1.54, 1.807) is 0 Å². The fourth-order valence-corrected chi connectivity index (χ4v) is 1.67. The van der Waals surface area contributed by atoms with Gasteiger partial charge in [0.2, 0.25) is 6.79 Å². The predicted octanol–water partition coefficient (Wildman–Crippen LogP) is 0.216. The number of nitrogens with two attached hydrogens (primary N) is 1. The molecule has 1 aromatic carbocycles. The zero-order chi connectivity index (χ0) is 12.8. The maximum Gasteiger partial charge on any atom is 0.314 e. The number of rotatable bonds is 5. The average molecular weight is 251 g/mol. The topological polar surface area (TPSA) is 85.6 Å². The van der Waals surface area contributed by atoms with Crippen LogP contribution in [0.2, 0.25) is 0 Å². The third-order valence-electron chi connectivity index (χ3n) is 2.57. The summed E-state index contributed by atoms with van der Waals surface area (Å²) in [5, 5.41) is 5.40. The molecule has 0 spiro atoms. The Morgan fingerprint density at radius 2 is 2.00 bits per heavy atom. The zero-order valence-electron chi connectivity index (χ0n) is 10.1. The van der Waals surface area contributed by atoms with Crippen molar-refractivity contribution < 1.29 is 14.3 Å². The van der Waals surface area contributed by atoms with Crippen LogP contribution in [0.15, 0.2) is 18.2 Å². The first-order chi connectivity index (χ1) is 8.79. The van der Waals surface area contributed by atoms with Gasteiger partial charge in [0.15, 0.2) is 11.5 Å². The molecule has 1 aliphatic rings. The minimum atomic E-state index is -0.193. The minimum Gasteiger partial charge on any atom is -0.454 e. The van der Waals surface area contributed by atoms with E-state index in [2.05, 4.69) is 10.6 Å². The second kappa shape index (κ2) is 6.11. The molecule has 0 aliphatic carbocycles. The number of fused-ring (bicyclic) bond motifs is 1. The molecule has 1 aliphatic heterocycles. The van der Waals surface area contributed by atoms with E-state index >= 15 is 0 Å². The quantitative estimate of drug-likeness (QED) is 0.698. The number of carbonyl (C=O) groups is 1. The fourth-order valence-electron chi connectivity index (χ4n) is 1.67. The maximum atomic E-state index is 11.3. The van der Waals surface area contributed by atoms with E-state index in [0.29, 0.717) is 19.6 Å². The van der Waals surface area contributed by atoms with Crippen molar-refractivity contribution in [2.45, 2.75) is 6.42 Å². The largest absolute Gasteiger partial charge is 0.454 e. The van der Waals surface area contributed by atoms with Gasteiger partial charge in [-0.15, -0.1) is 0 Å². The van der Waals surface area contributed by atoms with Gasteiger partial charge in [-0.05, 0) is 24.1 Å². The third-order valence-corrected chi connectivity index (χ3v) is 2.57. The molecule has 0 aromatic heterocycles. The Hall–Kier alpha value is -1.95. The summed E-state index contributed by atoms with van der Waals surface area (Å²) in [6.07, 6.45) is 0.743. The highest BCUT2D eigenvalue weighted by Gasteiger charge is 2.12. The minimum absolute atomic E-state index is 0.193. The standard InChI is InChI=1S/C12H17N3O3/c13-4-6-15-12(16)14-5-3-9-1-2-10-11(7-9)18-8-17-10/h1-2,7H,3-6,8,13H2,(H2,14,15,16). The number of amides is 2. The molecule has 0 radical (unpaired) electrons. The van der Waals surface area contributed by atoms with Crippen LogP contribution in [0.4, 0.5) is 4.79 Å². The van der Waals surface area contributed by atoms with Crippen molar-refractivity contribution in [3.63, 3.8) is 0 Å². The van der Waals surface area contributed by atoms with E-state index in [0.717, 1.165) is 23.5 Å². The highest BCUT2D eigenvalue weighted by molar-refractivity contribution is 5.73. The van der Waals surface area contributed by atoms with Gasteiger partial charge in [-0.1, -0.05) is 6.07 Å². The summed E-state index contributed by atoms with van der Waals surface area (Å²) >= 11 is 0. The van der Waals surface area contributed by atoms with Crippen LogP contribution in [0, 0.1) is 0 Å². The number of carbonyl (C=O) groups excluding carboxylic acids is 1. The van der Waals surface area contributed by atoms with Crippen LogP contribution in [-0.2, 0) is 6.42 Å². The molecule has 1 heterocycles. The monoisotopic (exact) mass is 251 g/mol. The molecule has 2 amide bonds. The number of nitrogens with one attached hydrogen (secondary N) is 2. The van der Waals surface area contributed by atoms with Crippen molar-refractivity contribution in [3.8, 4) is 11.5 Å². The summed E-state index contributed by atoms with van der Waals surface area (Å²) in [6, 6.07) is 5.59. The molecule has 0 saturated heterocycles. The van der Waals surface area contributed by atoms with Crippen molar-refractivity contribution in [1.29, 1.82) is 0 Å². The van der Waals surface area contributed by atoms with E-state index in [1.807, 2.05) is 18.2 Å².